The van der Waals surface area contributed by atoms with Gasteiger partial charge in [0.2, 0.25) is 0 Å². The van der Waals surface area contributed by atoms with Gasteiger partial charge in [-0.2, -0.15) is 0 Å². The predicted octanol–water partition coefficient (Wildman–Crippen LogP) is 3.31. The van der Waals surface area contributed by atoms with E-state index in [0.29, 0.717) is 0 Å². The summed E-state index contributed by atoms with van der Waals surface area (Å²) in [5.74, 6) is 0. The minimum absolute atomic E-state index is 0.245. The number of hydrogen-bond acceptors (Lipinski definition) is 3. The number of carbonyl (C=O) groups is 1. The number of allylic oxidation sites excluding steroid dienone is 1. The number of carbonyl (C=O) groups excluding carboxylic acids is 1. The van der Waals surface area contributed by atoms with Crippen LogP contribution in [0.25, 0.3) is 0 Å². The Morgan fingerprint density at radius 2 is 1.88 bits per heavy atom. The molecule has 1 rings (SSSR count). The van der Waals surface area contributed by atoms with E-state index < -0.39 is 6.16 Å². The van der Waals surface area contributed by atoms with Crippen molar-refractivity contribution in [2.45, 2.75) is 20.5 Å². The number of hydrogen-bond donors (Lipinski definition) is 0. The molecule has 0 heterocycles. The largest absolute Gasteiger partial charge is 0.508 e. The maximum atomic E-state index is 11.1. The normalized spacial score (nSPS) is 9.38. The quantitative estimate of drug-likeness (QED) is 0.577. The molecule has 0 amide bonds. The average molecular weight is 220 g/mol. The Kier molecular flexibility index (Phi) is 5.12. The van der Waals surface area contributed by atoms with Gasteiger partial charge in [0.05, 0.1) is 0 Å². The van der Waals surface area contributed by atoms with Crippen molar-refractivity contribution in [3.05, 3.63) is 47.5 Å². The highest BCUT2D eigenvalue weighted by Crippen LogP contribution is 2.01. The molecule has 0 aliphatic carbocycles. The zero-order valence-electron chi connectivity index (χ0n) is 9.60. The van der Waals surface area contributed by atoms with Gasteiger partial charge in [0.25, 0.3) is 0 Å². The molecule has 86 valence electrons. The molecule has 0 aromatic heterocycles. The molecule has 0 aliphatic heterocycles. The molecule has 0 aliphatic rings. The molecule has 0 spiro atoms. The molecular weight excluding hydrogens is 204 g/mol. The summed E-state index contributed by atoms with van der Waals surface area (Å²) in [5.41, 5.74) is 2.05. The summed E-state index contributed by atoms with van der Waals surface area (Å²) in [6.45, 7) is 4.39. The highest BCUT2D eigenvalue weighted by molar-refractivity contribution is 5.60. The summed E-state index contributed by atoms with van der Waals surface area (Å²) in [6, 6.07) is 9.49. The van der Waals surface area contributed by atoms with Crippen molar-refractivity contribution in [2.75, 3.05) is 6.61 Å². The molecule has 0 bridgehead atoms. The van der Waals surface area contributed by atoms with E-state index in [1.807, 2.05) is 50.3 Å². The standard InChI is InChI=1S/C13H16O3/c1-11(2)8-9-15-13(14)16-10-12-6-4-3-5-7-12/h3-8H,9-10H2,1-2H3. The van der Waals surface area contributed by atoms with Crippen LogP contribution in [0.5, 0.6) is 0 Å². The summed E-state index contributed by atoms with van der Waals surface area (Å²) in [5, 5.41) is 0. The van der Waals surface area contributed by atoms with Crippen LogP contribution in [0.15, 0.2) is 42.0 Å². The zero-order valence-corrected chi connectivity index (χ0v) is 9.60. The minimum atomic E-state index is -0.638. The Labute approximate surface area is 95.7 Å². The van der Waals surface area contributed by atoms with Crippen molar-refractivity contribution in [1.82, 2.24) is 0 Å². The van der Waals surface area contributed by atoms with Gasteiger partial charge in [0.15, 0.2) is 0 Å². The van der Waals surface area contributed by atoms with Crippen LogP contribution in [0.4, 0.5) is 4.79 Å². The molecule has 0 N–H and O–H groups in total. The van der Waals surface area contributed by atoms with E-state index in [0.717, 1.165) is 11.1 Å². The lowest BCUT2D eigenvalue weighted by Gasteiger charge is -2.04. The molecule has 0 radical (unpaired) electrons. The first-order chi connectivity index (χ1) is 7.68. The monoisotopic (exact) mass is 220 g/mol. The second kappa shape index (κ2) is 6.67. The lowest BCUT2D eigenvalue weighted by molar-refractivity contribution is 0.0575. The lowest BCUT2D eigenvalue weighted by atomic mass is 10.2. The third-order valence-corrected chi connectivity index (χ3v) is 1.89. The summed E-state index contributed by atoms with van der Waals surface area (Å²) < 4.78 is 9.76. The van der Waals surface area contributed by atoms with Gasteiger partial charge in [-0.1, -0.05) is 35.9 Å². The van der Waals surface area contributed by atoms with Gasteiger partial charge in [-0.25, -0.2) is 4.79 Å². The molecule has 1 aromatic carbocycles. The van der Waals surface area contributed by atoms with Crippen molar-refractivity contribution < 1.29 is 14.3 Å². The highest BCUT2D eigenvalue weighted by atomic mass is 16.7. The fourth-order valence-corrected chi connectivity index (χ4v) is 1.03. The van der Waals surface area contributed by atoms with Crippen LogP contribution in [-0.2, 0) is 16.1 Å². The summed E-state index contributed by atoms with van der Waals surface area (Å²) >= 11 is 0. The van der Waals surface area contributed by atoms with Crippen molar-refractivity contribution in [1.29, 1.82) is 0 Å². The van der Waals surface area contributed by atoms with Crippen molar-refractivity contribution in [3.8, 4) is 0 Å². The van der Waals surface area contributed by atoms with Crippen LogP contribution >= 0.6 is 0 Å². The van der Waals surface area contributed by atoms with Crippen molar-refractivity contribution in [3.63, 3.8) is 0 Å². The summed E-state index contributed by atoms with van der Waals surface area (Å²) in [4.78, 5) is 11.1. The molecule has 0 fully saturated rings. The predicted molar refractivity (Wildman–Crippen MR) is 62.0 cm³/mol. The van der Waals surface area contributed by atoms with Crippen LogP contribution in [0.2, 0.25) is 0 Å². The second-order valence-corrected chi connectivity index (χ2v) is 3.62. The van der Waals surface area contributed by atoms with E-state index >= 15 is 0 Å². The first-order valence-corrected chi connectivity index (χ1v) is 5.15. The number of benzene rings is 1. The summed E-state index contributed by atoms with van der Waals surface area (Å²) in [7, 11) is 0. The molecule has 0 unspecified atom stereocenters. The third kappa shape index (κ3) is 5.20. The average Bonchev–Trinajstić information content (AvgIpc) is 2.27. The second-order valence-electron chi connectivity index (χ2n) is 3.62. The van der Waals surface area contributed by atoms with E-state index in [1.165, 1.54) is 0 Å². The van der Waals surface area contributed by atoms with Crippen LogP contribution in [0.1, 0.15) is 19.4 Å². The smallest absolute Gasteiger partial charge is 0.430 e. The van der Waals surface area contributed by atoms with E-state index in [1.54, 1.807) is 0 Å². The van der Waals surface area contributed by atoms with Gasteiger partial charge >= 0.3 is 6.16 Å². The number of ether oxygens (including phenoxy) is 2. The van der Waals surface area contributed by atoms with E-state index in [-0.39, 0.29) is 13.2 Å². The molecule has 3 heteroatoms. The Balaban J connectivity index is 2.23. The third-order valence-electron chi connectivity index (χ3n) is 1.89. The molecule has 0 saturated carbocycles. The van der Waals surface area contributed by atoms with E-state index in [2.05, 4.69) is 0 Å². The Bertz CT molecular complexity index is 351. The minimum Gasteiger partial charge on any atom is -0.430 e. The topological polar surface area (TPSA) is 35.5 Å². The fraction of sp³-hybridized carbons (Fsp3) is 0.308. The van der Waals surface area contributed by atoms with Crippen LogP contribution in [0, 0.1) is 0 Å². The van der Waals surface area contributed by atoms with Gasteiger partial charge < -0.3 is 9.47 Å². The van der Waals surface area contributed by atoms with Gasteiger partial charge in [0, 0.05) is 0 Å². The van der Waals surface area contributed by atoms with Gasteiger partial charge in [-0.15, -0.1) is 0 Å². The molecule has 1 aromatic rings. The molecule has 0 saturated heterocycles. The van der Waals surface area contributed by atoms with Crippen LogP contribution in [0.3, 0.4) is 0 Å². The number of rotatable bonds is 4. The Morgan fingerprint density at radius 3 is 2.50 bits per heavy atom. The first kappa shape index (κ1) is 12.3. The molecular formula is C13H16O3. The van der Waals surface area contributed by atoms with Crippen LogP contribution in [-0.4, -0.2) is 12.8 Å². The molecule has 0 atom stereocenters. The first-order valence-electron chi connectivity index (χ1n) is 5.15. The van der Waals surface area contributed by atoms with Gasteiger partial charge in [-0.05, 0) is 25.5 Å². The molecule has 16 heavy (non-hydrogen) atoms. The van der Waals surface area contributed by atoms with Crippen LogP contribution < -0.4 is 0 Å². The maximum Gasteiger partial charge on any atom is 0.508 e. The Morgan fingerprint density at radius 1 is 1.19 bits per heavy atom. The van der Waals surface area contributed by atoms with Gasteiger partial charge in [0.1, 0.15) is 13.2 Å². The maximum absolute atomic E-state index is 11.1. The van der Waals surface area contributed by atoms with Crippen molar-refractivity contribution >= 4 is 6.16 Å². The summed E-state index contributed by atoms with van der Waals surface area (Å²) in [6.07, 6.45) is 1.19. The fourth-order valence-electron chi connectivity index (χ4n) is 1.03. The lowest BCUT2D eigenvalue weighted by Crippen LogP contribution is -2.07. The van der Waals surface area contributed by atoms with E-state index in [9.17, 15) is 4.79 Å². The van der Waals surface area contributed by atoms with Crippen molar-refractivity contribution in [2.24, 2.45) is 0 Å². The van der Waals surface area contributed by atoms with E-state index in [4.69, 9.17) is 9.47 Å². The zero-order chi connectivity index (χ0) is 11.8. The SMILES string of the molecule is CC(C)=CCOC(=O)OCc1ccccc1. The molecule has 3 nitrogen and oxygen atoms in total. The van der Waals surface area contributed by atoms with Gasteiger partial charge in [-0.3, -0.25) is 0 Å². The highest BCUT2D eigenvalue weighted by Gasteiger charge is 2.02. The Hall–Kier alpha value is -1.77.